The largest absolute Gasteiger partial charge is 0.344 e. The molecule has 2 fully saturated rings. The number of terminal acetylenes is 1. The normalized spacial score (nSPS) is 22.0. The molecule has 25 heavy (non-hydrogen) atoms. The number of carbonyl (C=O) groups is 2. The number of para-hydroxylation sites is 1. The minimum atomic E-state index is -0.0439. The molecule has 0 saturated carbocycles. The van der Waals surface area contributed by atoms with Crippen LogP contribution in [0.25, 0.3) is 0 Å². The van der Waals surface area contributed by atoms with E-state index in [0.29, 0.717) is 6.54 Å². The van der Waals surface area contributed by atoms with Crippen LogP contribution >= 0.6 is 0 Å². The Labute approximate surface area is 148 Å². The summed E-state index contributed by atoms with van der Waals surface area (Å²) in [6.45, 7) is 4.59. The van der Waals surface area contributed by atoms with Crippen LogP contribution in [0.4, 0.5) is 5.69 Å². The monoisotopic (exact) mass is 340 g/mol. The van der Waals surface area contributed by atoms with Gasteiger partial charge in [0.15, 0.2) is 0 Å². The molecule has 132 valence electrons. The van der Waals surface area contributed by atoms with Crippen LogP contribution in [0.15, 0.2) is 30.3 Å². The third kappa shape index (κ3) is 4.19. The number of amides is 2. The number of piperazine rings is 1. The highest BCUT2D eigenvalue weighted by atomic mass is 16.2. The summed E-state index contributed by atoms with van der Waals surface area (Å²) in [6, 6.07) is 9.79. The van der Waals surface area contributed by atoms with Crippen molar-refractivity contribution in [3.8, 4) is 12.3 Å². The van der Waals surface area contributed by atoms with Gasteiger partial charge < -0.3 is 10.2 Å². The summed E-state index contributed by atoms with van der Waals surface area (Å²) in [7, 11) is 0. The molecule has 1 atom stereocenters. The molecule has 1 unspecified atom stereocenters. The molecule has 1 N–H and O–H groups in total. The smallest absolute Gasteiger partial charge is 0.244 e. The molecule has 2 aliphatic rings. The molecule has 2 amide bonds. The lowest BCUT2D eigenvalue weighted by atomic mass is 10.2. The number of nitrogens with zero attached hydrogens (tertiary/aromatic N) is 3. The van der Waals surface area contributed by atoms with E-state index in [9.17, 15) is 9.59 Å². The predicted molar refractivity (Wildman–Crippen MR) is 97.1 cm³/mol. The zero-order valence-electron chi connectivity index (χ0n) is 14.4. The Morgan fingerprint density at radius 1 is 1.16 bits per heavy atom. The molecule has 6 nitrogen and oxygen atoms in total. The maximum Gasteiger partial charge on any atom is 0.244 e. The van der Waals surface area contributed by atoms with Crippen molar-refractivity contribution in [3.05, 3.63) is 30.3 Å². The first-order chi connectivity index (χ1) is 12.2. The molecular formula is C19H24N4O2. The number of nitrogens with one attached hydrogen (secondary N) is 1. The highest BCUT2D eigenvalue weighted by Crippen LogP contribution is 2.24. The molecule has 3 rings (SSSR count). The second-order valence-electron chi connectivity index (χ2n) is 6.42. The molecule has 0 spiro atoms. The third-order valence-corrected chi connectivity index (χ3v) is 4.85. The van der Waals surface area contributed by atoms with Crippen LogP contribution in [-0.2, 0) is 9.59 Å². The minimum Gasteiger partial charge on any atom is -0.344 e. The summed E-state index contributed by atoms with van der Waals surface area (Å²) >= 11 is 0. The Hall–Kier alpha value is -2.36. The quantitative estimate of drug-likeness (QED) is 0.776. The minimum absolute atomic E-state index is 0.0430. The van der Waals surface area contributed by atoms with Crippen molar-refractivity contribution in [1.82, 2.24) is 15.1 Å². The van der Waals surface area contributed by atoms with Crippen molar-refractivity contribution in [2.75, 3.05) is 50.7 Å². The van der Waals surface area contributed by atoms with Gasteiger partial charge in [-0.2, -0.15) is 0 Å². The van der Waals surface area contributed by atoms with Crippen LogP contribution in [0.2, 0.25) is 0 Å². The van der Waals surface area contributed by atoms with Crippen LogP contribution in [0.5, 0.6) is 0 Å². The van der Waals surface area contributed by atoms with E-state index in [1.807, 2.05) is 35.2 Å². The highest BCUT2D eigenvalue weighted by Gasteiger charge is 2.37. The van der Waals surface area contributed by atoms with E-state index in [1.165, 1.54) is 0 Å². The molecule has 2 heterocycles. The zero-order valence-corrected chi connectivity index (χ0v) is 14.4. The van der Waals surface area contributed by atoms with Gasteiger partial charge in [-0.05, 0) is 18.6 Å². The van der Waals surface area contributed by atoms with Crippen LogP contribution in [-0.4, -0.2) is 73.5 Å². The Morgan fingerprint density at radius 3 is 2.56 bits per heavy atom. The molecule has 0 aromatic heterocycles. The first-order valence-corrected chi connectivity index (χ1v) is 8.72. The van der Waals surface area contributed by atoms with Gasteiger partial charge in [0, 0.05) is 38.4 Å². The summed E-state index contributed by atoms with van der Waals surface area (Å²) in [4.78, 5) is 30.7. The fraction of sp³-hybridized carbons (Fsp3) is 0.474. The fourth-order valence-electron chi connectivity index (χ4n) is 3.51. The summed E-state index contributed by atoms with van der Waals surface area (Å²) in [5.41, 5.74) is 0.971. The molecule has 0 radical (unpaired) electrons. The van der Waals surface area contributed by atoms with E-state index in [2.05, 4.69) is 21.0 Å². The van der Waals surface area contributed by atoms with Crippen molar-refractivity contribution in [2.24, 2.45) is 0 Å². The Bertz CT molecular complexity index is 647. The molecular weight excluding hydrogens is 316 g/mol. The molecule has 1 aromatic carbocycles. The molecule has 0 bridgehead atoms. The summed E-state index contributed by atoms with van der Waals surface area (Å²) < 4.78 is 0. The average molecular weight is 340 g/mol. The van der Waals surface area contributed by atoms with Gasteiger partial charge in [-0.25, -0.2) is 0 Å². The Balaban J connectivity index is 1.50. The molecule has 6 heteroatoms. The van der Waals surface area contributed by atoms with E-state index in [4.69, 9.17) is 6.42 Å². The first-order valence-electron chi connectivity index (χ1n) is 8.72. The van der Waals surface area contributed by atoms with Gasteiger partial charge in [0.1, 0.15) is 0 Å². The van der Waals surface area contributed by atoms with Crippen molar-refractivity contribution in [2.45, 2.75) is 12.5 Å². The van der Waals surface area contributed by atoms with E-state index >= 15 is 0 Å². The number of hydrogen-bond acceptors (Lipinski definition) is 4. The van der Waals surface area contributed by atoms with E-state index in [0.717, 1.165) is 44.8 Å². The third-order valence-electron chi connectivity index (χ3n) is 4.85. The number of hydrogen-bond donors (Lipinski definition) is 1. The number of rotatable bonds is 5. The van der Waals surface area contributed by atoms with Gasteiger partial charge >= 0.3 is 0 Å². The lowest BCUT2D eigenvalue weighted by Crippen LogP contribution is -2.54. The maximum atomic E-state index is 12.8. The number of anilines is 1. The lowest BCUT2D eigenvalue weighted by molar-refractivity contribution is -0.125. The van der Waals surface area contributed by atoms with Crippen molar-refractivity contribution in [1.29, 1.82) is 0 Å². The Kier molecular flexibility index (Phi) is 5.69. The van der Waals surface area contributed by atoms with Crippen molar-refractivity contribution >= 4 is 17.5 Å². The van der Waals surface area contributed by atoms with E-state index in [-0.39, 0.29) is 24.4 Å². The van der Waals surface area contributed by atoms with Crippen molar-refractivity contribution in [3.63, 3.8) is 0 Å². The molecule has 1 aromatic rings. The SMILES string of the molecule is C#CCNC(=O)CN1CCN(C2CCN(c3ccccc3)C2=O)CC1. The van der Waals surface area contributed by atoms with Gasteiger partial charge in [-0.1, -0.05) is 24.1 Å². The zero-order chi connectivity index (χ0) is 17.6. The first kappa shape index (κ1) is 17.5. The van der Waals surface area contributed by atoms with Crippen molar-refractivity contribution < 1.29 is 9.59 Å². The van der Waals surface area contributed by atoms with Gasteiger partial charge in [-0.3, -0.25) is 19.4 Å². The van der Waals surface area contributed by atoms with E-state index < -0.39 is 0 Å². The fourth-order valence-corrected chi connectivity index (χ4v) is 3.51. The topological polar surface area (TPSA) is 55.9 Å². The molecule has 2 saturated heterocycles. The van der Waals surface area contributed by atoms with Gasteiger partial charge in [-0.15, -0.1) is 6.42 Å². The predicted octanol–water partition coefficient (Wildman–Crippen LogP) is 0.159. The standard InChI is InChI=1S/C19H24N4O2/c1-2-9-20-18(24)15-21-11-13-22(14-12-21)17-8-10-23(19(17)25)16-6-4-3-5-7-16/h1,3-7,17H,8-15H2,(H,20,24). The number of carbonyl (C=O) groups excluding carboxylic acids is 2. The van der Waals surface area contributed by atoms with Crippen LogP contribution in [0.1, 0.15) is 6.42 Å². The van der Waals surface area contributed by atoms with Gasteiger partial charge in [0.25, 0.3) is 0 Å². The summed E-state index contributed by atoms with van der Waals surface area (Å²) in [6.07, 6.45) is 6.00. The van der Waals surface area contributed by atoms with E-state index in [1.54, 1.807) is 0 Å². The maximum absolute atomic E-state index is 12.8. The molecule has 0 aliphatic carbocycles. The lowest BCUT2D eigenvalue weighted by Gasteiger charge is -2.36. The van der Waals surface area contributed by atoms with Crippen LogP contribution in [0, 0.1) is 12.3 Å². The second-order valence-corrected chi connectivity index (χ2v) is 6.42. The van der Waals surface area contributed by atoms with Crippen LogP contribution in [0.3, 0.4) is 0 Å². The summed E-state index contributed by atoms with van der Waals surface area (Å²) in [5, 5.41) is 2.69. The number of benzene rings is 1. The molecule has 2 aliphatic heterocycles. The highest BCUT2D eigenvalue weighted by molar-refractivity contribution is 5.99. The Morgan fingerprint density at radius 2 is 1.88 bits per heavy atom. The second kappa shape index (κ2) is 8.15. The van der Waals surface area contributed by atoms with Gasteiger partial charge in [0.2, 0.25) is 11.8 Å². The van der Waals surface area contributed by atoms with Gasteiger partial charge in [0.05, 0.1) is 19.1 Å². The summed E-state index contributed by atoms with van der Waals surface area (Å²) in [5.74, 6) is 2.55. The average Bonchev–Trinajstić information content (AvgIpc) is 3.03. The van der Waals surface area contributed by atoms with Crippen LogP contribution < -0.4 is 10.2 Å².